The first-order valence-corrected chi connectivity index (χ1v) is 15.9. The van der Waals surface area contributed by atoms with Gasteiger partial charge in [-0.2, -0.15) is 0 Å². The van der Waals surface area contributed by atoms with Crippen LogP contribution in [0.1, 0.15) is 79.4 Å². The summed E-state index contributed by atoms with van der Waals surface area (Å²) in [6, 6.07) is 27.0. The van der Waals surface area contributed by atoms with E-state index in [4.69, 9.17) is 0 Å². The molecule has 0 aliphatic carbocycles. The zero-order valence-corrected chi connectivity index (χ0v) is 26.1. The summed E-state index contributed by atoms with van der Waals surface area (Å²) < 4.78 is 0. The average molecular weight is 584 g/mol. The van der Waals surface area contributed by atoms with Crippen LogP contribution in [0.4, 0.5) is 16.2 Å². The van der Waals surface area contributed by atoms with Crippen LogP contribution in [0, 0.1) is 5.92 Å². The van der Waals surface area contributed by atoms with Gasteiger partial charge in [-0.3, -0.25) is 9.69 Å². The van der Waals surface area contributed by atoms with E-state index in [0.29, 0.717) is 30.3 Å². The van der Waals surface area contributed by atoms with Crippen LogP contribution in [0.15, 0.2) is 78.9 Å². The molecule has 3 N–H and O–H groups in total. The van der Waals surface area contributed by atoms with Crippen molar-refractivity contribution in [2.45, 2.75) is 57.9 Å². The lowest BCUT2D eigenvalue weighted by molar-refractivity contribution is 0.0931. The third-order valence-electron chi connectivity index (χ3n) is 8.37. The number of urea groups is 1. The van der Waals surface area contributed by atoms with Crippen LogP contribution < -0.4 is 20.9 Å². The first-order valence-electron chi connectivity index (χ1n) is 15.9. The van der Waals surface area contributed by atoms with E-state index in [0.717, 1.165) is 44.5 Å². The van der Waals surface area contributed by atoms with Crippen LogP contribution >= 0.6 is 0 Å². The summed E-state index contributed by atoms with van der Waals surface area (Å²) >= 11 is 0. The van der Waals surface area contributed by atoms with Crippen molar-refractivity contribution in [1.82, 2.24) is 15.5 Å². The molecule has 0 saturated carbocycles. The molecule has 0 spiro atoms. The number of carbonyl (C=O) groups excluding carboxylic acids is 2. The van der Waals surface area contributed by atoms with Crippen molar-refractivity contribution in [3.05, 3.63) is 95.6 Å². The first-order chi connectivity index (χ1) is 21.0. The van der Waals surface area contributed by atoms with Gasteiger partial charge >= 0.3 is 6.03 Å². The molecule has 3 amide bonds. The first kappa shape index (κ1) is 32.1. The molecule has 0 aromatic heterocycles. The summed E-state index contributed by atoms with van der Waals surface area (Å²) in [5.41, 5.74) is 4.53. The molecule has 7 nitrogen and oxygen atoms in total. The number of amides is 3. The predicted molar refractivity (Wildman–Crippen MR) is 178 cm³/mol. The Morgan fingerprint density at radius 1 is 0.837 bits per heavy atom. The van der Waals surface area contributed by atoms with Gasteiger partial charge in [0.25, 0.3) is 5.91 Å². The Balaban J connectivity index is 1.33. The summed E-state index contributed by atoms with van der Waals surface area (Å²) in [7, 11) is 3.89. The highest BCUT2D eigenvalue weighted by Crippen LogP contribution is 2.32. The smallest absolute Gasteiger partial charge is 0.319 e. The molecule has 1 aliphatic heterocycles. The second kappa shape index (κ2) is 16.7. The number of piperidine rings is 1. The van der Waals surface area contributed by atoms with Crippen molar-refractivity contribution >= 4 is 23.3 Å². The maximum Gasteiger partial charge on any atom is 0.319 e. The van der Waals surface area contributed by atoms with Crippen molar-refractivity contribution in [2.24, 2.45) is 5.92 Å². The van der Waals surface area contributed by atoms with Gasteiger partial charge in [-0.15, -0.1) is 0 Å². The van der Waals surface area contributed by atoms with E-state index in [1.165, 1.54) is 30.4 Å². The second-order valence-electron chi connectivity index (χ2n) is 11.8. The standard InChI is InChI=1S/C36H49N5O2/c1-4-5-6-7-14-23-37-36(43)39-33-20-19-31(40(2)3)26-32(33)35(42)38-27-28-21-24-41(25-22-28)34(29-15-10-8-11-16-29)30-17-12-9-13-18-30/h8-13,15-20,26,28,34H,4-7,14,21-25,27H2,1-3H3,(H,38,42)(H2,37,39,43). The van der Waals surface area contributed by atoms with Crippen LogP contribution in [0.2, 0.25) is 0 Å². The van der Waals surface area contributed by atoms with Gasteiger partial charge in [0, 0.05) is 32.9 Å². The fourth-order valence-corrected chi connectivity index (χ4v) is 5.84. The van der Waals surface area contributed by atoms with Crippen molar-refractivity contribution in [3.63, 3.8) is 0 Å². The van der Waals surface area contributed by atoms with Crippen LogP contribution in [-0.2, 0) is 0 Å². The fraction of sp³-hybridized carbons (Fsp3) is 0.444. The monoisotopic (exact) mass is 583 g/mol. The van der Waals surface area contributed by atoms with Gasteiger partial charge < -0.3 is 20.9 Å². The number of unbranched alkanes of at least 4 members (excludes halogenated alkanes) is 4. The van der Waals surface area contributed by atoms with E-state index in [2.05, 4.69) is 88.4 Å². The van der Waals surface area contributed by atoms with Crippen LogP contribution in [0.3, 0.4) is 0 Å². The lowest BCUT2D eigenvalue weighted by Gasteiger charge is -2.38. The molecular weight excluding hydrogens is 534 g/mol. The SMILES string of the molecule is CCCCCCCNC(=O)Nc1ccc(N(C)C)cc1C(=O)NCC1CCN(C(c2ccccc2)c2ccccc2)CC1. The molecule has 7 heteroatoms. The largest absolute Gasteiger partial charge is 0.378 e. The molecule has 3 aromatic carbocycles. The van der Waals surface area contributed by atoms with Gasteiger partial charge in [0.2, 0.25) is 0 Å². The molecule has 0 radical (unpaired) electrons. The molecule has 1 fully saturated rings. The Bertz CT molecular complexity index is 1230. The number of nitrogens with one attached hydrogen (secondary N) is 3. The Morgan fingerprint density at radius 2 is 1.47 bits per heavy atom. The zero-order chi connectivity index (χ0) is 30.4. The maximum atomic E-state index is 13.5. The zero-order valence-electron chi connectivity index (χ0n) is 26.1. The van der Waals surface area contributed by atoms with Crippen molar-refractivity contribution in [1.29, 1.82) is 0 Å². The number of likely N-dealkylation sites (tertiary alicyclic amines) is 1. The molecule has 4 rings (SSSR count). The molecule has 0 atom stereocenters. The summed E-state index contributed by atoms with van der Waals surface area (Å²) in [6.45, 7) is 5.37. The normalized spacial score (nSPS) is 14.0. The highest BCUT2D eigenvalue weighted by atomic mass is 16.2. The predicted octanol–water partition coefficient (Wildman–Crippen LogP) is 7.08. The van der Waals surface area contributed by atoms with E-state index in [9.17, 15) is 9.59 Å². The Morgan fingerprint density at radius 3 is 2.07 bits per heavy atom. The highest BCUT2D eigenvalue weighted by Gasteiger charge is 2.28. The number of benzene rings is 3. The molecule has 1 aliphatic rings. The van der Waals surface area contributed by atoms with Crippen LogP contribution in [0.5, 0.6) is 0 Å². The molecule has 1 saturated heterocycles. The van der Waals surface area contributed by atoms with E-state index < -0.39 is 0 Å². The van der Waals surface area contributed by atoms with E-state index in [1.54, 1.807) is 0 Å². The Hall–Kier alpha value is -3.84. The minimum atomic E-state index is -0.277. The molecule has 43 heavy (non-hydrogen) atoms. The van der Waals surface area contributed by atoms with E-state index >= 15 is 0 Å². The van der Waals surface area contributed by atoms with Gasteiger partial charge in [0.1, 0.15) is 0 Å². The summed E-state index contributed by atoms with van der Waals surface area (Å²) in [4.78, 5) is 30.6. The average Bonchev–Trinajstić information content (AvgIpc) is 3.03. The number of anilines is 2. The molecule has 0 unspecified atom stereocenters. The highest BCUT2D eigenvalue weighted by molar-refractivity contribution is 6.04. The molecule has 0 bridgehead atoms. The van der Waals surface area contributed by atoms with Crippen molar-refractivity contribution in [3.8, 4) is 0 Å². The Labute approximate surface area is 258 Å². The van der Waals surface area contributed by atoms with Crippen LogP contribution in [0.25, 0.3) is 0 Å². The van der Waals surface area contributed by atoms with Crippen molar-refractivity contribution in [2.75, 3.05) is 50.5 Å². The van der Waals surface area contributed by atoms with E-state index in [1.807, 2.05) is 37.2 Å². The van der Waals surface area contributed by atoms with Gasteiger partial charge in [-0.25, -0.2) is 4.79 Å². The van der Waals surface area contributed by atoms with Crippen LogP contribution in [-0.4, -0.2) is 57.1 Å². The second-order valence-corrected chi connectivity index (χ2v) is 11.8. The Kier molecular flexibility index (Phi) is 12.5. The molecular formula is C36H49N5O2. The lowest BCUT2D eigenvalue weighted by atomic mass is 9.91. The third-order valence-corrected chi connectivity index (χ3v) is 8.37. The lowest BCUT2D eigenvalue weighted by Crippen LogP contribution is -2.40. The number of nitrogens with zero attached hydrogens (tertiary/aromatic N) is 2. The van der Waals surface area contributed by atoms with E-state index in [-0.39, 0.29) is 18.0 Å². The quantitative estimate of drug-likeness (QED) is 0.177. The van der Waals surface area contributed by atoms with Gasteiger partial charge in [0.05, 0.1) is 17.3 Å². The number of rotatable bonds is 14. The summed E-state index contributed by atoms with van der Waals surface area (Å²) in [5, 5.41) is 9.03. The minimum Gasteiger partial charge on any atom is -0.378 e. The molecule has 1 heterocycles. The van der Waals surface area contributed by atoms with Crippen molar-refractivity contribution < 1.29 is 9.59 Å². The fourth-order valence-electron chi connectivity index (χ4n) is 5.84. The summed E-state index contributed by atoms with van der Waals surface area (Å²) in [6.07, 6.45) is 7.71. The maximum absolute atomic E-state index is 13.5. The summed E-state index contributed by atoms with van der Waals surface area (Å²) in [5.74, 6) is 0.240. The number of carbonyl (C=O) groups is 2. The molecule has 230 valence electrons. The number of hydrogen-bond donors (Lipinski definition) is 3. The third kappa shape index (κ3) is 9.58. The van der Waals surface area contributed by atoms with Gasteiger partial charge in [-0.05, 0) is 67.6 Å². The molecule has 3 aromatic rings. The minimum absolute atomic E-state index is 0.160. The van der Waals surface area contributed by atoms with Gasteiger partial charge in [0.15, 0.2) is 0 Å². The number of hydrogen-bond acceptors (Lipinski definition) is 4. The topological polar surface area (TPSA) is 76.7 Å². The van der Waals surface area contributed by atoms with Gasteiger partial charge in [-0.1, -0.05) is 93.3 Å².